The summed E-state index contributed by atoms with van der Waals surface area (Å²) in [6.45, 7) is 0. The molecule has 1 aromatic carbocycles. The number of fused-ring (bicyclic) bond motifs is 1. The number of benzene rings is 1. The van der Waals surface area contributed by atoms with Crippen molar-refractivity contribution in [2.24, 2.45) is 0 Å². The fraction of sp³-hybridized carbons (Fsp3) is 0.357. The molecule has 0 amide bonds. The molecule has 0 N–H and O–H groups in total. The lowest BCUT2D eigenvalue weighted by molar-refractivity contribution is -0.145. The van der Waals surface area contributed by atoms with Gasteiger partial charge in [0, 0.05) is 12.0 Å². The minimum Gasteiger partial charge on any atom is -0.467 e. The van der Waals surface area contributed by atoms with E-state index < -0.39 is 0 Å². The predicted octanol–water partition coefficient (Wildman–Crippen LogP) is 2.00. The average molecular weight is 257 g/mol. The molecule has 1 atom stereocenters. The summed E-state index contributed by atoms with van der Waals surface area (Å²) in [5, 5.41) is 8.45. The van der Waals surface area contributed by atoms with Crippen molar-refractivity contribution in [1.29, 1.82) is 0 Å². The van der Waals surface area contributed by atoms with E-state index in [4.69, 9.17) is 4.74 Å². The van der Waals surface area contributed by atoms with Crippen LogP contribution in [0.5, 0.6) is 0 Å². The van der Waals surface area contributed by atoms with Crippen LogP contribution in [0.1, 0.15) is 24.7 Å². The second kappa shape index (κ2) is 4.84. The van der Waals surface area contributed by atoms with Crippen molar-refractivity contribution in [2.45, 2.75) is 25.3 Å². The van der Waals surface area contributed by atoms with Gasteiger partial charge in [0.05, 0.1) is 7.11 Å². The van der Waals surface area contributed by atoms with Gasteiger partial charge in [0.15, 0.2) is 5.82 Å². The maximum atomic E-state index is 11.9. The van der Waals surface area contributed by atoms with E-state index in [1.165, 1.54) is 7.11 Å². The van der Waals surface area contributed by atoms with Gasteiger partial charge in [-0.05, 0) is 12.8 Å². The molecule has 1 aliphatic rings. The molecular weight excluding hydrogens is 242 g/mol. The fourth-order valence-corrected chi connectivity index (χ4v) is 2.55. The van der Waals surface area contributed by atoms with Gasteiger partial charge in [-0.3, -0.25) is 4.57 Å². The van der Waals surface area contributed by atoms with Gasteiger partial charge in [0.1, 0.15) is 11.9 Å². The smallest absolute Gasteiger partial charge is 0.328 e. The minimum atomic E-state index is -0.307. The predicted molar refractivity (Wildman–Crippen MR) is 69.4 cm³/mol. The second-order valence-corrected chi connectivity index (χ2v) is 4.61. The number of hydrogen-bond donors (Lipinski definition) is 0. The molecule has 0 bridgehead atoms. The normalized spacial score (nSPS) is 17.8. The van der Waals surface area contributed by atoms with Crippen molar-refractivity contribution < 1.29 is 9.53 Å². The minimum absolute atomic E-state index is 0.224. The zero-order valence-corrected chi connectivity index (χ0v) is 10.7. The third kappa shape index (κ3) is 2.01. The van der Waals surface area contributed by atoms with Crippen LogP contribution in [0.3, 0.4) is 0 Å². The molecule has 2 heterocycles. The number of rotatable bonds is 2. The van der Waals surface area contributed by atoms with E-state index in [0.29, 0.717) is 0 Å². The summed E-state index contributed by atoms with van der Waals surface area (Å²) in [6, 6.07) is 9.49. The fourth-order valence-electron chi connectivity index (χ4n) is 2.55. The average Bonchev–Trinajstić information content (AvgIpc) is 2.91. The number of aromatic nitrogens is 3. The second-order valence-electron chi connectivity index (χ2n) is 4.61. The van der Waals surface area contributed by atoms with Crippen molar-refractivity contribution >= 4 is 5.97 Å². The summed E-state index contributed by atoms with van der Waals surface area (Å²) < 4.78 is 6.81. The zero-order valence-electron chi connectivity index (χ0n) is 10.7. The largest absolute Gasteiger partial charge is 0.467 e. The van der Waals surface area contributed by atoms with Crippen LogP contribution < -0.4 is 0 Å². The molecule has 19 heavy (non-hydrogen) atoms. The Morgan fingerprint density at radius 3 is 2.84 bits per heavy atom. The Balaban J connectivity index is 2.09. The number of ether oxygens (including phenoxy) is 1. The lowest BCUT2D eigenvalue weighted by atomic mass is 10.0. The highest BCUT2D eigenvalue weighted by Gasteiger charge is 2.30. The summed E-state index contributed by atoms with van der Waals surface area (Å²) >= 11 is 0. The molecule has 1 unspecified atom stereocenters. The van der Waals surface area contributed by atoms with Gasteiger partial charge in [-0.1, -0.05) is 30.3 Å². The van der Waals surface area contributed by atoms with Crippen molar-refractivity contribution in [3.63, 3.8) is 0 Å². The summed E-state index contributed by atoms with van der Waals surface area (Å²) in [4.78, 5) is 11.9. The molecule has 5 nitrogen and oxygen atoms in total. The Morgan fingerprint density at radius 2 is 2.11 bits per heavy atom. The highest BCUT2D eigenvalue weighted by molar-refractivity contribution is 5.75. The molecule has 2 aromatic rings. The highest BCUT2D eigenvalue weighted by Crippen LogP contribution is 2.30. The molecule has 0 spiro atoms. The Bertz CT molecular complexity index is 592. The van der Waals surface area contributed by atoms with Crippen LogP contribution in [0.4, 0.5) is 0 Å². The first-order valence-electron chi connectivity index (χ1n) is 6.38. The monoisotopic (exact) mass is 257 g/mol. The topological polar surface area (TPSA) is 57.0 Å². The molecular formula is C14H15N3O2. The lowest BCUT2D eigenvalue weighted by Crippen LogP contribution is -2.26. The van der Waals surface area contributed by atoms with Gasteiger partial charge in [-0.2, -0.15) is 0 Å². The van der Waals surface area contributed by atoms with E-state index >= 15 is 0 Å². The molecule has 0 fully saturated rings. The molecule has 3 rings (SSSR count). The van der Waals surface area contributed by atoms with Crippen LogP contribution in [-0.4, -0.2) is 27.8 Å². The number of esters is 1. The van der Waals surface area contributed by atoms with Crippen molar-refractivity contribution in [2.75, 3.05) is 7.11 Å². The van der Waals surface area contributed by atoms with Gasteiger partial charge in [0.2, 0.25) is 0 Å². The number of carbonyl (C=O) groups is 1. The Morgan fingerprint density at radius 1 is 1.32 bits per heavy atom. The van der Waals surface area contributed by atoms with Gasteiger partial charge in [-0.15, -0.1) is 10.2 Å². The zero-order chi connectivity index (χ0) is 13.2. The van der Waals surface area contributed by atoms with Crippen LogP contribution in [0, 0.1) is 0 Å². The van der Waals surface area contributed by atoms with Crippen molar-refractivity contribution in [3.8, 4) is 11.4 Å². The number of methoxy groups -OCH3 is 1. The molecule has 0 saturated carbocycles. The van der Waals surface area contributed by atoms with E-state index in [-0.39, 0.29) is 12.0 Å². The van der Waals surface area contributed by atoms with Crippen LogP contribution in [0.2, 0.25) is 0 Å². The summed E-state index contributed by atoms with van der Waals surface area (Å²) in [5.74, 6) is 1.38. The molecule has 0 saturated heterocycles. The molecule has 5 heteroatoms. The van der Waals surface area contributed by atoms with Gasteiger partial charge < -0.3 is 4.74 Å². The molecule has 1 aromatic heterocycles. The first-order chi connectivity index (χ1) is 9.31. The van der Waals surface area contributed by atoms with Crippen molar-refractivity contribution in [3.05, 3.63) is 36.2 Å². The summed E-state index contributed by atoms with van der Waals surface area (Å²) in [7, 11) is 1.42. The van der Waals surface area contributed by atoms with Crippen LogP contribution in [-0.2, 0) is 16.0 Å². The molecule has 98 valence electrons. The van der Waals surface area contributed by atoms with Crippen molar-refractivity contribution in [1.82, 2.24) is 14.8 Å². The number of carbonyl (C=O) groups excluding carboxylic acids is 1. The van der Waals surface area contributed by atoms with Gasteiger partial charge >= 0.3 is 5.97 Å². The maximum Gasteiger partial charge on any atom is 0.328 e. The van der Waals surface area contributed by atoms with E-state index in [1.54, 1.807) is 0 Å². The van der Waals surface area contributed by atoms with E-state index in [2.05, 4.69) is 10.2 Å². The van der Waals surface area contributed by atoms with E-state index in [9.17, 15) is 4.79 Å². The van der Waals surface area contributed by atoms with E-state index in [1.807, 2.05) is 34.9 Å². The van der Waals surface area contributed by atoms with Gasteiger partial charge in [0.25, 0.3) is 0 Å². The molecule has 0 radical (unpaired) electrons. The summed E-state index contributed by atoms with van der Waals surface area (Å²) in [6.07, 6.45) is 2.57. The number of nitrogens with zero attached hydrogens (tertiary/aromatic N) is 3. The molecule has 0 aliphatic carbocycles. The van der Waals surface area contributed by atoms with Crippen LogP contribution in [0.25, 0.3) is 11.4 Å². The Kier molecular flexibility index (Phi) is 3.03. The third-order valence-corrected chi connectivity index (χ3v) is 3.46. The van der Waals surface area contributed by atoms with Crippen LogP contribution in [0.15, 0.2) is 30.3 Å². The van der Waals surface area contributed by atoms with Crippen LogP contribution >= 0.6 is 0 Å². The standard InChI is InChI=1S/C14H15N3O2/c1-19-14(18)11-8-5-9-12-15-16-13(17(11)12)10-6-3-2-4-7-10/h2-4,6-7,11H,5,8-9H2,1H3. The maximum absolute atomic E-state index is 11.9. The third-order valence-electron chi connectivity index (χ3n) is 3.46. The van der Waals surface area contributed by atoms with E-state index in [0.717, 1.165) is 36.5 Å². The quantitative estimate of drug-likeness (QED) is 0.772. The highest BCUT2D eigenvalue weighted by atomic mass is 16.5. The molecule has 1 aliphatic heterocycles. The Hall–Kier alpha value is -2.17. The first-order valence-corrected chi connectivity index (χ1v) is 6.38. The number of hydrogen-bond acceptors (Lipinski definition) is 4. The lowest BCUT2D eigenvalue weighted by Gasteiger charge is -2.23. The first kappa shape index (κ1) is 11.9. The number of aryl methyl sites for hydroxylation is 1. The summed E-state index contributed by atoms with van der Waals surface area (Å²) in [5.41, 5.74) is 0.969. The van der Waals surface area contributed by atoms with Gasteiger partial charge in [-0.25, -0.2) is 4.79 Å². The Labute approximate surface area is 111 Å². The SMILES string of the molecule is COC(=O)C1CCCc2nnc(-c3ccccc3)n21.